The molecule has 1 aromatic carbocycles. The van der Waals surface area contributed by atoms with Crippen molar-refractivity contribution >= 4 is 11.6 Å². The Morgan fingerprint density at radius 2 is 1.95 bits per heavy atom. The Morgan fingerprint density at radius 1 is 1.23 bits per heavy atom. The number of hydrogen-bond donors (Lipinski definition) is 1. The van der Waals surface area contributed by atoms with Crippen LogP contribution >= 0.6 is 0 Å². The molecule has 116 valence electrons. The van der Waals surface area contributed by atoms with Gasteiger partial charge in [0.2, 0.25) is 0 Å². The predicted octanol–water partition coefficient (Wildman–Crippen LogP) is 3.72. The first-order chi connectivity index (χ1) is 10.3. The van der Waals surface area contributed by atoms with E-state index in [1.165, 1.54) is 6.07 Å². The number of nitrogens with one attached hydrogen (secondary N) is 1. The lowest BCUT2D eigenvalue weighted by Crippen LogP contribution is -2.47. The molecule has 22 heavy (non-hydrogen) atoms. The van der Waals surface area contributed by atoms with Crippen LogP contribution in [0.4, 0.5) is 18.9 Å². The van der Waals surface area contributed by atoms with Gasteiger partial charge in [-0.1, -0.05) is 12.1 Å². The van der Waals surface area contributed by atoms with Crippen molar-refractivity contribution in [1.29, 1.82) is 0 Å². The van der Waals surface area contributed by atoms with Crippen LogP contribution in [0.25, 0.3) is 0 Å². The third-order valence-electron chi connectivity index (χ3n) is 3.40. The number of furan rings is 1. The molecule has 1 atom stereocenters. The fourth-order valence-electron chi connectivity index (χ4n) is 2.47. The number of anilines is 1. The number of carbonyl (C=O) groups excluding carboxylic acids is 1. The van der Waals surface area contributed by atoms with Crippen LogP contribution in [0, 0.1) is 6.92 Å². The summed E-state index contributed by atoms with van der Waals surface area (Å²) in [5, 5.41) is 2.94. The van der Waals surface area contributed by atoms with Gasteiger partial charge in [-0.05, 0) is 31.2 Å². The second-order valence-corrected chi connectivity index (χ2v) is 5.09. The highest BCUT2D eigenvalue weighted by Gasteiger charge is 2.41. The van der Waals surface area contributed by atoms with Crippen molar-refractivity contribution in [1.82, 2.24) is 4.90 Å². The molecule has 0 radical (unpaired) electrons. The van der Waals surface area contributed by atoms with E-state index in [0.29, 0.717) is 11.4 Å². The number of para-hydroxylation sites is 1. The van der Waals surface area contributed by atoms with Crippen LogP contribution in [0.5, 0.6) is 0 Å². The minimum atomic E-state index is -4.50. The zero-order valence-corrected chi connectivity index (χ0v) is 11.6. The van der Waals surface area contributed by atoms with Crippen LogP contribution in [-0.4, -0.2) is 23.5 Å². The fraction of sp³-hybridized carbons (Fsp3) is 0.267. The van der Waals surface area contributed by atoms with Crippen molar-refractivity contribution in [2.45, 2.75) is 19.3 Å². The first-order valence-corrected chi connectivity index (χ1v) is 6.65. The second kappa shape index (κ2) is 5.08. The summed E-state index contributed by atoms with van der Waals surface area (Å²) < 4.78 is 43.9. The van der Waals surface area contributed by atoms with E-state index in [-0.39, 0.29) is 11.3 Å². The Bertz CT molecular complexity index is 709. The van der Waals surface area contributed by atoms with Gasteiger partial charge in [-0.3, -0.25) is 4.79 Å². The van der Waals surface area contributed by atoms with Gasteiger partial charge in [0.15, 0.2) is 6.17 Å². The first kappa shape index (κ1) is 14.5. The lowest BCUT2D eigenvalue weighted by atomic mass is 10.1. The summed E-state index contributed by atoms with van der Waals surface area (Å²) in [7, 11) is 0. The van der Waals surface area contributed by atoms with E-state index in [1.54, 1.807) is 37.3 Å². The maximum atomic E-state index is 12.8. The average molecular weight is 310 g/mol. The highest BCUT2D eigenvalue weighted by molar-refractivity contribution is 6.01. The molecule has 0 unspecified atom stereocenters. The second-order valence-electron chi connectivity index (χ2n) is 5.09. The van der Waals surface area contributed by atoms with Gasteiger partial charge in [0.1, 0.15) is 18.1 Å². The monoisotopic (exact) mass is 310 g/mol. The van der Waals surface area contributed by atoms with Gasteiger partial charge >= 0.3 is 6.18 Å². The number of aryl methyl sites for hydroxylation is 1. The maximum Gasteiger partial charge on any atom is 0.406 e. The molecule has 1 amide bonds. The highest BCUT2D eigenvalue weighted by Crippen LogP contribution is 2.35. The van der Waals surface area contributed by atoms with Crippen LogP contribution in [0.3, 0.4) is 0 Å². The minimum absolute atomic E-state index is 0.214. The van der Waals surface area contributed by atoms with Crippen LogP contribution in [0.1, 0.15) is 28.0 Å². The molecular weight excluding hydrogens is 297 g/mol. The average Bonchev–Trinajstić information content (AvgIpc) is 2.87. The molecular formula is C15H13F3N2O2. The van der Waals surface area contributed by atoms with Gasteiger partial charge in [0, 0.05) is 5.69 Å². The smallest absolute Gasteiger partial charge is 0.406 e. The van der Waals surface area contributed by atoms with Gasteiger partial charge in [0.05, 0.1) is 5.56 Å². The van der Waals surface area contributed by atoms with E-state index in [0.717, 1.165) is 4.90 Å². The Morgan fingerprint density at radius 3 is 2.59 bits per heavy atom. The van der Waals surface area contributed by atoms with Crippen molar-refractivity contribution in [3.8, 4) is 0 Å². The number of benzene rings is 1. The molecule has 0 fully saturated rings. The summed E-state index contributed by atoms with van der Waals surface area (Å²) in [6.07, 6.45) is -5.48. The summed E-state index contributed by atoms with van der Waals surface area (Å²) in [6, 6.07) is 9.69. The molecule has 0 spiro atoms. The van der Waals surface area contributed by atoms with E-state index in [1.807, 2.05) is 0 Å². The Balaban J connectivity index is 2.04. The molecule has 2 heterocycles. The van der Waals surface area contributed by atoms with Gasteiger partial charge in [-0.25, -0.2) is 0 Å². The lowest BCUT2D eigenvalue weighted by molar-refractivity contribution is -0.144. The molecule has 3 rings (SSSR count). The molecule has 0 aliphatic carbocycles. The van der Waals surface area contributed by atoms with Crippen LogP contribution < -0.4 is 5.32 Å². The highest BCUT2D eigenvalue weighted by atomic mass is 19.4. The quantitative estimate of drug-likeness (QED) is 0.919. The van der Waals surface area contributed by atoms with E-state index in [2.05, 4.69) is 5.32 Å². The molecule has 4 nitrogen and oxygen atoms in total. The molecule has 1 N–H and O–H groups in total. The Kier molecular flexibility index (Phi) is 3.35. The number of fused-ring (bicyclic) bond motifs is 1. The molecule has 1 aromatic heterocycles. The molecule has 1 aliphatic rings. The number of nitrogens with zero attached hydrogens (tertiary/aromatic N) is 1. The summed E-state index contributed by atoms with van der Waals surface area (Å²) in [4.78, 5) is 13.2. The molecule has 0 saturated heterocycles. The van der Waals surface area contributed by atoms with Crippen LogP contribution in [0.2, 0.25) is 0 Å². The summed E-state index contributed by atoms with van der Waals surface area (Å²) in [5.41, 5.74) is 0.705. The summed E-state index contributed by atoms with van der Waals surface area (Å²) >= 11 is 0. The zero-order chi connectivity index (χ0) is 15.9. The number of amides is 1. The first-order valence-electron chi connectivity index (χ1n) is 6.65. The van der Waals surface area contributed by atoms with E-state index >= 15 is 0 Å². The maximum absolute atomic E-state index is 12.8. The van der Waals surface area contributed by atoms with Gasteiger partial charge in [-0.15, -0.1) is 0 Å². The van der Waals surface area contributed by atoms with Crippen molar-refractivity contribution in [3.63, 3.8) is 0 Å². The topological polar surface area (TPSA) is 45.5 Å². The van der Waals surface area contributed by atoms with E-state index in [9.17, 15) is 18.0 Å². The number of hydrogen-bond acceptors (Lipinski definition) is 3. The molecule has 2 aromatic rings. The summed E-state index contributed by atoms with van der Waals surface area (Å²) in [6.45, 7) is 0.341. The number of carbonyl (C=O) groups is 1. The minimum Gasteiger partial charge on any atom is -0.462 e. The van der Waals surface area contributed by atoms with Crippen molar-refractivity contribution < 1.29 is 22.4 Å². The molecule has 7 heteroatoms. The number of alkyl halides is 3. The number of rotatable bonds is 2. The lowest BCUT2D eigenvalue weighted by Gasteiger charge is -2.37. The molecule has 1 aliphatic heterocycles. The fourth-order valence-corrected chi connectivity index (χ4v) is 2.47. The van der Waals surface area contributed by atoms with Gasteiger partial charge in [0.25, 0.3) is 5.91 Å². The SMILES string of the molecule is Cc1ccc([C@@H]2Nc3ccccc3C(=O)N2CC(F)(F)F)o1. The van der Waals surface area contributed by atoms with Crippen LogP contribution in [0.15, 0.2) is 40.8 Å². The van der Waals surface area contributed by atoms with E-state index < -0.39 is 24.8 Å². The molecule has 0 saturated carbocycles. The normalized spacial score (nSPS) is 18.1. The van der Waals surface area contributed by atoms with Gasteiger partial charge < -0.3 is 14.6 Å². The zero-order valence-electron chi connectivity index (χ0n) is 11.6. The Labute approximate surface area is 124 Å². The van der Waals surface area contributed by atoms with Crippen LogP contribution in [-0.2, 0) is 0 Å². The summed E-state index contributed by atoms with van der Waals surface area (Å²) in [5.74, 6) is 0.158. The largest absolute Gasteiger partial charge is 0.462 e. The van der Waals surface area contributed by atoms with Crippen molar-refractivity contribution in [3.05, 3.63) is 53.5 Å². The Hall–Kier alpha value is -2.44. The predicted molar refractivity (Wildman–Crippen MR) is 73.3 cm³/mol. The van der Waals surface area contributed by atoms with Gasteiger partial charge in [-0.2, -0.15) is 13.2 Å². The number of halogens is 3. The third kappa shape index (κ3) is 2.66. The van der Waals surface area contributed by atoms with E-state index in [4.69, 9.17) is 4.42 Å². The van der Waals surface area contributed by atoms with Crippen molar-refractivity contribution in [2.24, 2.45) is 0 Å². The molecule has 0 bridgehead atoms. The third-order valence-corrected chi connectivity index (χ3v) is 3.40. The van der Waals surface area contributed by atoms with Crippen molar-refractivity contribution in [2.75, 3.05) is 11.9 Å². The standard InChI is InChI=1S/C15H13F3N2O2/c1-9-6-7-12(22-9)13-19-11-5-3-2-4-10(11)14(21)20(13)8-15(16,17)18/h2-7,13,19H,8H2,1H3/t13-/m1/s1.